The first-order chi connectivity index (χ1) is 11.7. The van der Waals surface area contributed by atoms with Gasteiger partial charge in [0.2, 0.25) is 0 Å². The summed E-state index contributed by atoms with van der Waals surface area (Å²) in [4.78, 5) is 25.6. The summed E-state index contributed by atoms with van der Waals surface area (Å²) in [5.41, 5.74) is 0.890. The van der Waals surface area contributed by atoms with Crippen molar-refractivity contribution in [2.75, 3.05) is 26.8 Å². The van der Waals surface area contributed by atoms with Crippen molar-refractivity contribution in [3.8, 4) is 5.75 Å². The van der Waals surface area contributed by atoms with E-state index in [2.05, 4.69) is 5.32 Å². The van der Waals surface area contributed by atoms with Crippen molar-refractivity contribution < 1.29 is 19.1 Å². The van der Waals surface area contributed by atoms with E-state index in [1.807, 2.05) is 24.3 Å². The van der Waals surface area contributed by atoms with Gasteiger partial charge in [-0.05, 0) is 31.9 Å². The maximum atomic E-state index is 12.2. The van der Waals surface area contributed by atoms with Crippen LogP contribution in [0.3, 0.4) is 0 Å². The Kier molecular flexibility index (Phi) is 6.66. The first-order valence-corrected chi connectivity index (χ1v) is 8.17. The maximum Gasteiger partial charge on any atom is 0.321 e. The number of rotatable bonds is 5. The van der Waals surface area contributed by atoms with Gasteiger partial charge in [0.1, 0.15) is 5.75 Å². The van der Waals surface area contributed by atoms with Gasteiger partial charge in [0.25, 0.3) is 0 Å². The zero-order valence-corrected chi connectivity index (χ0v) is 14.2. The number of para-hydroxylation sites is 1. The van der Waals surface area contributed by atoms with E-state index in [4.69, 9.17) is 9.47 Å². The normalized spacial score (nSPS) is 15.3. The van der Waals surface area contributed by atoms with Gasteiger partial charge >= 0.3 is 12.0 Å². The molecule has 2 rings (SSSR count). The van der Waals surface area contributed by atoms with Crippen molar-refractivity contribution in [1.82, 2.24) is 10.2 Å². The van der Waals surface area contributed by atoms with Crippen molar-refractivity contribution in [3.63, 3.8) is 0 Å². The molecular formula is C18H24N2O4. The Balaban J connectivity index is 1.81. The Morgan fingerprint density at radius 2 is 2.00 bits per heavy atom. The molecule has 0 bridgehead atoms. The monoisotopic (exact) mass is 332 g/mol. The molecule has 2 amide bonds. The van der Waals surface area contributed by atoms with Crippen LogP contribution in [0.2, 0.25) is 0 Å². The number of nitrogens with one attached hydrogen (secondary N) is 1. The number of piperidine rings is 1. The predicted molar refractivity (Wildman–Crippen MR) is 91.5 cm³/mol. The van der Waals surface area contributed by atoms with Crippen LogP contribution in [-0.4, -0.2) is 43.7 Å². The van der Waals surface area contributed by atoms with E-state index < -0.39 is 0 Å². The number of hydrogen-bond donors (Lipinski definition) is 1. The largest absolute Gasteiger partial charge is 0.496 e. The zero-order chi connectivity index (χ0) is 17.4. The second-order valence-corrected chi connectivity index (χ2v) is 5.54. The van der Waals surface area contributed by atoms with Crippen LogP contribution in [0.25, 0.3) is 6.08 Å². The summed E-state index contributed by atoms with van der Waals surface area (Å²) in [6, 6.07) is 7.41. The highest BCUT2D eigenvalue weighted by atomic mass is 16.5. The number of carbonyl (C=O) groups excluding carboxylic acids is 2. The average molecular weight is 332 g/mol. The molecule has 0 unspecified atom stereocenters. The van der Waals surface area contributed by atoms with Gasteiger partial charge in [-0.1, -0.05) is 18.2 Å². The van der Waals surface area contributed by atoms with Gasteiger partial charge in [-0.25, -0.2) is 4.79 Å². The minimum Gasteiger partial charge on any atom is -0.496 e. The molecular weight excluding hydrogens is 308 g/mol. The van der Waals surface area contributed by atoms with Crippen LogP contribution < -0.4 is 10.1 Å². The number of urea groups is 1. The Labute approximate surface area is 142 Å². The number of benzene rings is 1. The highest BCUT2D eigenvalue weighted by molar-refractivity contribution is 5.77. The van der Waals surface area contributed by atoms with Crippen LogP contribution >= 0.6 is 0 Å². The summed E-state index contributed by atoms with van der Waals surface area (Å²) in [5.74, 6) is 0.491. The fraction of sp³-hybridized carbons (Fsp3) is 0.444. The molecule has 0 spiro atoms. The molecule has 1 aromatic rings. The summed E-state index contributed by atoms with van der Waals surface area (Å²) >= 11 is 0. The lowest BCUT2D eigenvalue weighted by Gasteiger charge is -2.30. The molecule has 0 atom stereocenters. The number of methoxy groups -OCH3 is 1. The van der Waals surface area contributed by atoms with Crippen molar-refractivity contribution in [1.29, 1.82) is 0 Å². The van der Waals surface area contributed by atoms with Crippen LogP contribution in [0.1, 0.15) is 25.3 Å². The van der Waals surface area contributed by atoms with E-state index in [1.54, 1.807) is 31.2 Å². The molecule has 6 nitrogen and oxygen atoms in total. The van der Waals surface area contributed by atoms with Gasteiger partial charge < -0.3 is 19.7 Å². The van der Waals surface area contributed by atoms with Gasteiger partial charge in [0, 0.05) is 24.9 Å². The Hall–Kier alpha value is -2.50. The molecule has 1 saturated heterocycles. The van der Waals surface area contributed by atoms with Crippen LogP contribution in [0, 0.1) is 5.92 Å². The van der Waals surface area contributed by atoms with E-state index in [-0.39, 0.29) is 17.9 Å². The van der Waals surface area contributed by atoms with Crippen LogP contribution in [-0.2, 0) is 9.53 Å². The first kappa shape index (κ1) is 17.8. The standard InChI is InChI=1S/C18H24N2O4/c1-3-24-17(21)15-9-12-20(13-10-15)18(22)19-11-8-14-6-4-5-7-16(14)23-2/h4-8,11,15H,3,9-10,12-13H2,1-2H3,(H,19,22)/b11-8+. The van der Waals surface area contributed by atoms with Gasteiger partial charge in [-0.3, -0.25) is 4.79 Å². The molecule has 0 radical (unpaired) electrons. The number of likely N-dealkylation sites (tertiary alicyclic amines) is 1. The maximum absolute atomic E-state index is 12.2. The SMILES string of the molecule is CCOC(=O)C1CCN(C(=O)N/C=C/c2ccccc2OC)CC1. The second-order valence-electron chi connectivity index (χ2n) is 5.54. The predicted octanol–water partition coefficient (Wildman–Crippen LogP) is 2.65. The number of hydrogen-bond acceptors (Lipinski definition) is 4. The second kappa shape index (κ2) is 8.96. The smallest absolute Gasteiger partial charge is 0.321 e. The number of nitrogens with zero attached hydrogens (tertiary/aromatic N) is 1. The molecule has 1 aliphatic heterocycles. The fourth-order valence-electron chi connectivity index (χ4n) is 2.68. The molecule has 1 aliphatic rings. The van der Waals surface area contributed by atoms with Crippen molar-refractivity contribution >= 4 is 18.1 Å². The number of carbonyl (C=O) groups is 2. The van der Waals surface area contributed by atoms with Gasteiger partial charge in [-0.15, -0.1) is 0 Å². The summed E-state index contributed by atoms with van der Waals surface area (Å²) in [6.45, 7) is 3.30. The Morgan fingerprint density at radius 1 is 1.29 bits per heavy atom. The minimum atomic E-state index is -0.163. The van der Waals surface area contributed by atoms with E-state index in [0.717, 1.165) is 11.3 Å². The fourth-order valence-corrected chi connectivity index (χ4v) is 2.68. The van der Waals surface area contributed by atoms with Gasteiger partial charge in [0.05, 0.1) is 19.6 Å². The van der Waals surface area contributed by atoms with Crippen LogP contribution in [0.5, 0.6) is 5.75 Å². The summed E-state index contributed by atoms with van der Waals surface area (Å²) in [5, 5.41) is 2.76. The highest BCUT2D eigenvalue weighted by Crippen LogP contribution is 2.19. The summed E-state index contributed by atoms with van der Waals surface area (Å²) in [7, 11) is 1.61. The third-order valence-electron chi connectivity index (χ3n) is 4.01. The quantitative estimate of drug-likeness (QED) is 0.842. The van der Waals surface area contributed by atoms with Crippen LogP contribution in [0.4, 0.5) is 4.79 Å². The van der Waals surface area contributed by atoms with Crippen molar-refractivity contribution in [3.05, 3.63) is 36.0 Å². The van der Waals surface area contributed by atoms with E-state index in [9.17, 15) is 9.59 Å². The van der Waals surface area contributed by atoms with E-state index in [0.29, 0.717) is 32.5 Å². The average Bonchev–Trinajstić information content (AvgIpc) is 2.62. The van der Waals surface area contributed by atoms with Crippen LogP contribution in [0.15, 0.2) is 30.5 Å². The van der Waals surface area contributed by atoms with Gasteiger partial charge in [-0.2, -0.15) is 0 Å². The molecule has 0 aromatic heterocycles. The third kappa shape index (κ3) is 4.75. The third-order valence-corrected chi connectivity index (χ3v) is 4.01. The molecule has 1 heterocycles. The molecule has 0 aliphatic carbocycles. The number of ether oxygens (including phenoxy) is 2. The first-order valence-electron chi connectivity index (χ1n) is 8.17. The van der Waals surface area contributed by atoms with E-state index in [1.165, 1.54) is 0 Å². The lowest BCUT2D eigenvalue weighted by atomic mass is 9.97. The highest BCUT2D eigenvalue weighted by Gasteiger charge is 2.27. The zero-order valence-electron chi connectivity index (χ0n) is 14.2. The lowest BCUT2D eigenvalue weighted by Crippen LogP contribution is -2.44. The Bertz CT molecular complexity index is 592. The minimum absolute atomic E-state index is 0.0990. The molecule has 0 saturated carbocycles. The summed E-state index contributed by atoms with van der Waals surface area (Å²) < 4.78 is 10.3. The molecule has 24 heavy (non-hydrogen) atoms. The molecule has 130 valence electrons. The topological polar surface area (TPSA) is 67.9 Å². The van der Waals surface area contributed by atoms with Crippen molar-refractivity contribution in [2.24, 2.45) is 5.92 Å². The summed E-state index contributed by atoms with van der Waals surface area (Å²) in [6.07, 6.45) is 4.69. The Morgan fingerprint density at radius 3 is 2.67 bits per heavy atom. The molecule has 6 heteroatoms. The van der Waals surface area contributed by atoms with E-state index >= 15 is 0 Å². The molecule has 1 aromatic carbocycles. The number of esters is 1. The lowest BCUT2D eigenvalue weighted by molar-refractivity contribution is -0.149. The number of amides is 2. The van der Waals surface area contributed by atoms with Gasteiger partial charge in [0.15, 0.2) is 0 Å². The molecule has 1 fully saturated rings. The molecule has 1 N–H and O–H groups in total. The van der Waals surface area contributed by atoms with Crippen molar-refractivity contribution in [2.45, 2.75) is 19.8 Å².